The molecule has 0 spiro atoms. The van der Waals surface area contributed by atoms with Gasteiger partial charge in [0, 0.05) is 19.7 Å². The molecule has 1 aliphatic rings. The molecule has 5 heteroatoms. The lowest BCUT2D eigenvalue weighted by molar-refractivity contribution is -0.123. The van der Waals surface area contributed by atoms with Gasteiger partial charge < -0.3 is 15.7 Å². The number of rotatable bonds is 7. The molecule has 1 heterocycles. The second-order valence-electron chi connectivity index (χ2n) is 6.66. The number of benzene rings is 1. The van der Waals surface area contributed by atoms with Crippen molar-refractivity contribution in [3.63, 3.8) is 0 Å². The molecule has 23 heavy (non-hydrogen) atoms. The Morgan fingerprint density at radius 1 is 1.35 bits per heavy atom. The van der Waals surface area contributed by atoms with Crippen molar-refractivity contribution in [1.29, 1.82) is 0 Å². The Morgan fingerprint density at radius 2 is 2.04 bits per heavy atom. The second-order valence-corrected chi connectivity index (χ2v) is 6.66. The molecule has 0 aromatic heterocycles. The molecule has 0 bridgehead atoms. The van der Waals surface area contributed by atoms with Crippen LogP contribution >= 0.6 is 12.4 Å². The standard InChI is InChI=1S/C18H28N2O2.ClH/c1-13(2)9-14(7-8-21)11-20-18(22)17-10-15-5-3-4-6-16(15)12-19-17;/h3-6,13-14,17,19,21H,7-12H2,1-2H3,(H,20,22);1H. The Labute approximate surface area is 145 Å². The third-order valence-corrected chi connectivity index (χ3v) is 4.30. The number of hydrogen-bond donors (Lipinski definition) is 3. The number of hydrogen-bond acceptors (Lipinski definition) is 3. The third-order valence-electron chi connectivity index (χ3n) is 4.30. The van der Waals surface area contributed by atoms with Crippen LogP contribution in [0, 0.1) is 11.8 Å². The summed E-state index contributed by atoms with van der Waals surface area (Å²) < 4.78 is 0. The Kier molecular flexibility index (Phi) is 8.59. The van der Waals surface area contributed by atoms with Gasteiger partial charge in [-0.1, -0.05) is 38.1 Å². The first kappa shape index (κ1) is 19.9. The number of aliphatic hydroxyl groups is 1. The Morgan fingerprint density at radius 3 is 2.70 bits per heavy atom. The molecule has 4 nitrogen and oxygen atoms in total. The predicted octanol–water partition coefficient (Wildman–Crippen LogP) is 2.28. The highest BCUT2D eigenvalue weighted by molar-refractivity contribution is 5.85. The number of halogens is 1. The first-order chi connectivity index (χ1) is 10.6. The largest absolute Gasteiger partial charge is 0.396 e. The summed E-state index contributed by atoms with van der Waals surface area (Å²) in [5, 5.41) is 15.5. The van der Waals surface area contributed by atoms with Gasteiger partial charge in [-0.25, -0.2) is 0 Å². The monoisotopic (exact) mass is 340 g/mol. The summed E-state index contributed by atoms with van der Waals surface area (Å²) in [4.78, 5) is 12.4. The molecule has 0 radical (unpaired) electrons. The Bertz CT molecular complexity index is 494. The van der Waals surface area contributed by atoms with Crippen LogP contribution in [0.25, 0.3) is 0 Å². The van der Waals surface area contributed by atoms with Gasteiger partial charge in [0.2, 0.25) is 5.91 Å². The number of carbonyl (C=O) groups is 1. The van der Waals surface area contributed by atoms with Gasteiger partial charge in [-0.15, -0.1) is 12.4 Å². The zero-order valence-electron chi connectivity index (χ0n) is 14.0. The molecule has 0 saturated carbocycles. The molecule has 130 valence electrons. The number of aliphatic hydroxyl groups excluding tert-OH is 1. The lowest BCUT2D eigenvalue weighted by atomic mass is 9.93. The highest BCUT2D eigenvalue weighted by Crippen LogP contribution is 2.17. The minimum Gasteiger partial charge on any atom is -0.396 e. The van der Waals surface area contributed by atoms with Crippen molar-refractivity contribution in [2.24, 2.45) is 11.8 Å². The maximum absolute atomic E-state index is 12.4. The van der Waals surface area contributed by atoms with Crippen molar-refractivity contribution in [1.82, 2.24) is 10.6 Å². The van der Waals surface area contributed by atoms with Crippen molar-refractivity contribution in [2.75, 3.05) is 13.2 Å². The predicted molar refractivity (Wildman–Crippen MR) is 95.7 cm³/mol. The van der Waals surface area contributed by atoms with E-state index in [9.17, 15) is 4.79 Å². The van der Waals surface area contributed by atoms with Crippen LogP contribution in [0.2, 0.25) is 0 Å². The van der Waals surface area contributed by atoms with E-state index in [1.54, 1.807) is 0 Å². The molecule has 2 atom stereocenters. The summed E-state index contributed by atoms with van der Waals surface area (Å²) >= 11 is 0. The highest BCUT2D eigenvalue weighted by atomic mass is 35.5. The summed E-state index contributed by atoms with van der Waals surface area (Å²) in [7, 11) is 0. The molecule has 3 N–H and O–H groups in total. The van der Waals surface area contributed by atoms with Gasteiger partial charge in [0.05, 0.1) is 6.04 Å². The van der Waals surface area contributed by atoms with E-state index in [1.165, 1.54) is 11.1 Å². The maximum Gasteiger partial charge on any atom is 0.237 e. The lowest BCUT2D eigenvalue weighted by Gasteiger charge is -2.26. The zero-order chi connectivity index (χ0) is 15.9. The van der Waals surface area contributed by atoms with E-state index in [-0.39, 0.29) is 31.0 Å². The van der Waals surface area contributed by atoms with Crippen LogP contribution in [0.1, 0.15) is 37.8 Å². The molecular formula is C18H29ClN2O2. The van der Waals surface area contributed by atoms with Crippen molar-refractivity contribution in [3.05, 3.63) is 35.4 Å². The minimum atomic E-state index is -0.149. The molecule has 1 amide bonds. The van der Waals surface area contributed by atoms with E-state index in [0.29, 0.717) is 18.4 Å². The normalized spacial score (nSPS) is 18.0. The van der Waals surface area contributed by atoms with Crippen LogP contribution in [-0.2, 0) is 17.8 Å². The molecule has 0 saturated heterocycles. The number of fused-ring (bicyclic) bond motifs is 1. The first-order valence-corrected chi connectivity index (χ1v) is 8.29. The van der Waals surface area contributed by atoms with Crippen LogP contribution in [0.5, 0.6) is 0 Å². The summed E-state index contributed by atoms with van der Waals surface area (Å²) in [5.41, 5.74) is 2.54. The van der Waals surface area contributed by atoms with E-state index < -0.39 is 0 Å². The molecular weight excluding hydrogens is 312 g/mol. The quantitative estimate of drug-likeness (QED) is 0.713. The molecule has 0 aliphatic carbocycles. The molecule has 2 rings (SSSR count). The Hall–Kier alpha value is -1.10. The van der Waals surface area contributed by atoms with Crippen molar-refractivity contribution < 1.29 is 9.90 Å². The molecule has 2 unspecified atom stereocenters. The maximum atomic E-state index is 12.4. The zero-order valence-corrected chi connectivity index (χ0v) is 14.9. The van der Waals surface area contributed by atoms with Crippen LogP contribution in [-0.4, -0.2) is 30.2 Å². The van der Waals surface area contributed by atoms with Crippen molar-refractivity contribution >= 4 is 18.3 Å². The summed E-state index contributed by atoms with van der Waals surface area (Å²) in [6.07, 6.45) is 2.53. The van der Waals surface area contributed by atoms with Crippen molar-refractivity contribution in [2.45, 2.75) is 45.7 Å². The molecule has 1 aromatic rings. The SMILES string of the molecule is CC(C)CC(CCO)CNC(=O)C1Cc2ccccc2CN1.Cl. The van der Waals surface area contributed by atoms with Crippen LogP contribution < -0.4 is 10.6 Å². The van der Waals surface area contributed by atoms with Gasteiger partial charge in [-0.3, -0.25) is 4.79 Å². The topological polar surface area (TPSA) is 61.4 Å². The fourth-order valence-electron chi connectivity index (χ4n) is 3.16. The molecule has 0 fully saturated rings. The van der Waals surface area contributed by atoms with Crippen LogP contribution in [0.3, 0.4) is 0 Å². The minimum absolute atomic E-state index is 0. The number of nitrogens with one attached hydrogen (secondary N) is 2. The summed E-state index contributed by atoms with van der Waals surface area (Å²) in [6, 6.07) is 8.12. The van der Waals surface area contributed by atoms with Crippen LogP contribution in [0.4, 0.5) is 0 Å². The first-order valence-electron chi connectivity index (χ1n) is 8.29. The lowest BCUT2D eigenvalue weighted by Crippen LogP contribution is -2.48. The number of amides is 1. The fraction of sp³-hybridized carbons (Fsp3) is 0.611. The molecule has 1 aromatic carbocycles. The third kappa shape index (κ3) is 6.13. The van der Waals surface area contributed by atoms with Gasteiger partial charge in [0.15, 0.2) is 0 Å². The average molecular weight is 341 g/mol. The van der Waals surface area contributed by atoms with E-state index in [4.69, 9.17) is 5.11 Å². The van der Waals surface area contributed by atoms with Gasteiger partial charge >= 0.3 is 0 Å². The molecule has 1 aliphatic heterocycles. The Balaban J connectivity index is 0.00000264. The van der Waals surface area contributed by atoms with E-state index in [0.717, 1.165) is 25.8 Å². The van der Waals surface area contributed by atoms with Gasteiger partial charge in [-0.05, 0) is 42.2 Å². The van der Waals surface area contributed by atoms with Gasteiger partial charge in [0.1, 0.15) is 0 Å². The average Bonchev–Trinajstić information content (AvgIpc) is 2.51. The van der Waals surface area contributed by atoms with Crippen molar-refractivity contribution in [3.8, 4) is 0 Å². The number of carbonyl (C=O) groups excluding carboxylic acids is 1. The summed E-state index contributed by atoms with van der Waals surface area (Å²) in [6.45, 7) is 5.93. The van der Waals surface area contributed by atoms with E-state index >= 15 is 0 Å². The van der Waals surface area contributed by atoms with E-state index in [1.807, 2.05) is 12.1 Å². The summed E-state index contributed by atoms with van der Waals surface area (Å²) in [5.74, 6) is 0.999. The van der Waals surface area contributed by atoms with Gasteiger partial charge in [0.25, 0.3) is 0 Å². The smallest absolute Gasteiger partial charge is 0.237 e. The van der Waals surface area contributed by atoms with Gasteiger partial charge in [-0.2, -0.15) is 0 Å². The van der Waals surface area contributed by atoms with Crippen LogP contribution in [0.15, 0.2) is 24.3 Å². The second kappa shape index (κ2) is 9.91. The van der Waals surface area contributed by atoms with E-state index in [2.05, 4.69) is 36.6 Å². The highest BCUT2D eigenvalue weighted by Gasteiger charge is 2.24. The fourth-order valence-corrected chi connectivity index (χ4v) is 3.16.